The van der Waals surface area contributed by atoms with Gasteiger partial charge in [-0.3, -0.25) is 5.10 Å². The maximum absolute atomic E-state index is 5.38. The summed E-state index contributed by atoms with van der Waals surface area (Å²) in [5.74, 6) is 0. The summed E-state index contributed by atoms with van der Waals surface area (Å²) in [4.78, 5) is 0. The molecule has 0 saturated heterocycles. The summed E-state index contributed by atoms with van der Waals surface area (Å²) in [5, 5.41) is 7.51. The molecule has 100 valence electrons. The maximum Gasteiger partial charge on any atom is 2.00 e. The van der Waals surface area contributed by atoms with E-state index in [0.717, 1.165) is 11.1 Å². The Balaban J connectivity index is 0.00000200. The van der Waals surface area contributed by atoms with Crippen molar-refractivity contribution in [2.24, 2.45) is 10.2 Å². The molecule has 0 atom stereocenters. The minimum absolute atomic E-state index is 0. The van der Waals surface area contributed by atoms with Crippen molar-refractivity contribution >= 4 is 12.4 Å². The van der Waals surface area contributed by atoms with Crippen molar-refractivity contribution < 1.29 is 25.8 Å². The average molecular weight is 434 g/mol. The second-order valence-electron chi connectivity index (χ2n) is 3.81. The zero-order valence-corrected chi connectivity index (χ0v) is 13.8. The first-order valence-electron chi connectivity index (χ1n) is 6.00. The van der Waals surface area contributed by atoms with Crippen LogP contribution in [-0.2, 0) is 32.4 Å². The van der Waals surface area contributed by atoms with Gasteiger partial charge in [-0.2, -0.15) is 17.7 Å². The van der Waals surface area contributed by atoms with E-state index in [0.29, 0.717) is 13.2 Å². The summed E-state index contributed by atoms with van der Waals surface area (Å²) in [6, 6.07) is 19.6. The Hall–Kier alpha value is -1.57. The van der Waals surface area contributed by atoms with Crippen LogP contribution in [0.2, 0.25) is 0 Å². The Morgan fingerprint density at radius 2 is 1.50 bits per heavy atom. The molecule has 0 spiro atoms. The number of rotatable bonds is 6. The topological polar surface area (TPSA) is 34.0 Å². The minimum atomic E-state index is 0. The van der Waals surface area contributed by atoms with Crippen LogP contribution < -0.4 is 0 Å². The van der Waals surface area contributed by atoms with Crippen LogP contribution in [0.4, 0.5) is 0 Å². The van der Waals surface area contributed by atoms with Gasteiger partial charge in [0.05, 0.1) is 6.61 Å². The second-order valence-corrected chi connectivity index (χ2v) is 3.81. The minimum Gasteiger partial charge on any atom is -0.406 e. The molecule has 0 radical (unpaired) electrons. The molecule has 0 N–H and O–H groups in total. The number of benzene rings is 2. The summed E-state index contributed by atoms with van der Waals surface area (Å²) in [5.41, 5.74) is 2.02. The van der Waals surface area contributed by atoms with Crippen LogP contribution >= 0.6 is 0 Å². The van der Waals surface area contributed by atoms with E-state index in [4.69, 9.17) is 4.74 Å². The molecule has 0 heterocycles. The summed E-state index contributed by atoms with van der Waals surface area (Å²) in [6.45, 7) is 0.865. The van der Waals surface area contributed by atoms with Crippen LogP contribution in [0, 0.1) is 0 Å². The Morgan fingerprint density at radius 3 is 2.20 bits per heavy atom. The molecule has 0 aliphatic rings. The van der Waals surface area contributed by atoms with E-state index in [1.54, 1.807) is 0 Å². The fourth-order valence-electron chi connectivity index (χ4n) is 1.45. The third-order valence-corrected chi connectivity index (χ3v) is 2.35. The zero-order chi connectivity index (χ0) is 13.2. The van der Waals surface area contributed by atoms with Crippen molar-refractivity contribution in [2.45, 2.75) is 6.61 Å². The number of ether oxygens (including phenoxy) is 1. The van der Waals surface area contributed by atoms with Crippen LogP contribution in [0.5, 0.6) is 0 Å². The molecule has 0 aliphatic carbocycles. The Morgan fingerprint density at radius 1 is 0.850 bits per heavy atom. The molecule has 0 amide bonds. The van der Waals surface area contributed by atoms with Gasteiger partial charge in [0, 0.05) is 0 Å². The zero-order valence-electron chi connectivity index (χ0n) is 10.9. The third-order valence-electron chi connectivity index (χ3n) is 2.35. The summed E-state index contributed by atoms with van der Waals surface area (Å²) in [6.07, 6.45) is 5.49. The summed E-state index contributed by atoms with van der Waals surface area (Å²) in [7, 11) is 0. The summed E-state index contributed by atoms with van der Waals surface area (Å²) < 4.78 is 5.38. The predicted octanol–water partition coefficient (Wildman–Crippen LogP) is 3.06. The van der Waals surface area contributed by atoms with E-state index >= 15 is 0 Å². The predicted molar refractivity (Wildman–Crippen MR) is 76.5 cm³/mol. The standard InChI is InChI=1S/C16H14N2O.W/c1-3-7-15(8-4-1)13-18-17-11-12-19-14-16-9-5-2-6-10-16;/h1-10H,12,14H2;/q-2;+2. The van der Waals surface area contributed by atoms with Gasteiger partial charge in [-0.05, 0) is 11.8 Å². The van der Waals surface area contributed by atoms with Crippen molar-refractivity contribution in [3.8, 4) is 0 Å². The van der Waals surface area contributed by atoms with Gasteiger partial charge >= 0.3 is 21.1 Å². The molecule has 2 aromatic carbocycles. The first-order chi connectivity index (χ1) is 9.45. The quantitative estimate of drug-likeness (QED) is 0.298. The fourth-order valence-corrected chi connectivity index (χ4v) is 1.45. The molecular formula is C16H14N2OW. The fraction of sp³-hybridized carbons (Fsp3) is 0.125. The van der Waals surface area contributed by atoms with Crippen LogP contribution in [0.25, 0.3) is 0 Å². The molecule has 0 saturated carbocycles. The molecule has 0 aliphatic heterocycles. The third kappa shape index (κ3) is 6.55. The van der Waals surface area contributed by atoms with Gasteiger partial charge in [0.1, 0.15) is 0 Å². The van der Waals surface area contributed by atoms with E-state index < -0.39 is 0 Å². The van der Waals surface area contributed by atoms with Crippen LogP contribution in [-0.4, -0.2) is 19.0 Å². The van der Waals surface area contributed by atoms with Gasteiger partial charge in [-0.15, -0.1) is 12.1 Å². The second kappa shape index (κ2) is 10.2. The number of hydrogen-bond donors (Lipinski definition) is 0. The van der Waals surface area contributed by atoms with Crippen LogP contribution in [0.15, 0.2) is 70.9 Å². The van der Waals surface area contributed by atoms with Gasteiger partial charge in [-0.25, -0.2) is 0 Å². The normalized spacial score (nSPS) is 10.8. The van der Waals surface area contributed by atoms with Crippen molar-refractivity contribution in [3.63, 3.8) is 0 Å². The SMILES string of the molecule is [C-](COCc1ccccc1)=NN=[C-]c1ccccc1.[W+2]. The van der Waals surface area contributed by atoms with Crippen molar-refractivity contribution in [3.05, 3.63) is 71.8 Å². The van der Waals surface area contributed by atoms with E-state index in [9.17, 15) is 0 Å². The van der Waals surface area contributed by atoms with Gasteiger partial charge < -0.3 is 16.1 Å². The van der Waals surface area contributed by atoms with Crippen molar-refractivity contribution in [1.82, 2.24) is 0 Å². The molecule has 0 unspecified atom stereocenters. The monoisotopic (exact) mass is 434 g/mol. The average Bonchev–Trinajstić information content (AvgIpc) is 2.48. The van der Waals surface area contributed by atoms with Crippen molar-refractivity contribution in [1.29, 1.82) is 0 Å². The molecule has 2 rings (SSSR count). The van der Waals surface area contributed by atoms with E-state index in [-0.39, 0.29) is 21.1 Å². The molecule has 0 fully saturated rings. The van der Waals surface area contributed by atoms with Gasteiger partial charge in [0.15, 0.2) is 0 Å². The number of nitrogens with zero attached hydrogens (tertiary/aromatic N) is 2. The Kier molecular flexibility index (Phi) is 8.44. The van der Waals surface area contributed by atoms with Gasteiger partial charge in [0.2, 0.25) is 0 Å². The molecule has 0 bridgehead atoms. The number of hydrogen-bond acceptors (Lipinski definition) is 3. The smallest absolute Gasteiger partial charge is 0.406 e. The van der Waals surface area contributed by atoms with Crippen LogP contribution in [0.1, 0.15) is 11.1 Å². The van der Waals surface area contributed by atoms with Gasteiger partial charge in [-0.1, -0.05) is 43.0 Å². The Bertz CT molecular complexity index is 527. The van der Waals surface area contributed by atoms with E-state index in [2.05, 4.69) is 22.6 Å². The van der Waals surface area contributed by atoms with Crippen molar-refractivity contribution in [2.75, 3.05) is 6.61 Å². The molecule has 0 aromatic heterocycles. The molecule has 20 heavy (non-hydrogen) atoms. The van der Waals surface area contributed by atoms with E-state index in [1.807, 2.05) is 60.7 Å². The van der Waals surface area contributed by atoms with E-state index in [1.165, 1.54) is 0 Å². The molecule has 4 heteroatoms. The Labute approximate surface area is 133 Å². The first kappa shape index (κ1) is 16.5. The molecular weight excluding hydrogens is 420 g/mol. The molecule has 2 aromatic rings. The maximum atomic E-state index is 5.38. The van der Waals surface area contributed by atoms with Crippen LogP contribution in [0.3, 0.4) is 0 Å². The first-order valence-corrected chi connectivity index (χ1v) is 6.00. The van der Waals surface area contributed by atoms with Gasteiger partial charge in [0.25, 0.3) is 0 Å². The molecule has 3 nitrogen and oxygen atoms in total. The summed E-state index contributed by atoms with van der Waals surface area (Å²) >= 11 is 0. The largest absolute Gasteiger partial charge is 2.00 e.